The van der Waals surface area contributed by atoms with Crippen molar-refractivity contribution in [2.45, 2.75) is 43.9 Å². The molecule has 0 amide bonds. The van der Waals surface area contributed by atoms with Crippen LogP contribution in [0.4, 0.5) is 11.4 Å². The maximum Gasteiger partial charge on any atom is 1.00 e. The molecular formula is C30H28N2Na4O14S5. The first kappa shape index (κ1) is 55.1. The first-order valence-corrected chi connectivity index (χ1v) is 21.8. The summed E-state index contributed by atoms with van der Waals surface area (Å²) in [5.41, 5.74) is -0.288. The van der Waals surface area contributed by atoms with Gasteiger partial charge in [0.15, 0.2) is 0 Å². The Hall–Kier alpha value is 0.0700. The van der Waals surface area contributed by atoms with Gasteiger partial charge < -0.3 is 28.8 Å². The minimum Gasteiger partial charge on any atom is -0.747 e. The fourth-order valence-corrected chi connectivity index (χ4v) is 9.79. The van der Waals surface area contributed by atoms with Crippen LogP contribution in [0.3, 0.4) is 0 Å². The van der Waals surface area contributed by atoms with E-state index in [1.54, 1.807) is 0 Å². The van der Waals surface area contributed by atoms with Gasteiger partial charge in [0.25, 0.3) is 0 Å². The van der Waals surface area contributed by atoms with Crippen molar-refractivity contribution in [1.82, 2.24) is 0 Å². The minimum atomic E-state index is -5.25. The van der Waals surface area contributed by atoms with Gasteiger partial charge in [0.05, 0.1) is 20.3 Å². The molecule has 4 atom stereocenters. The van der Waals surface area contributed by atoms with Crippen molar-refractivity contribution in [1.29, 1.82) is 0 Å². The number of nitrogens with one attached hydrogen (secondary N) is 2. The van der Waals surface area contributed by atoms with Crippen molar-refractivity contribution in [3.63, 3.8) is 0 Å². The van der Waals surface area contributed by atoms with Gasteiger partial charge in [-0.3, -0.25) is 0 Å². The molecule has 4 rings (SSSR count). The molecule has 0 aliphatic rings. The van der Waals surface area contributed by atoms with Crippen molar-refractivity contribution in [2.24, 2.45) is 0 Å². The van der Waals surface area contributed by atoms with E-state index in [0.717, 1.165) is 48.5 Å². The zero-order valence-corrected chi connectivity index (χ0v) is 42.0. The molecule has 0 spiro atoms. The van der Waals surface area contributed by atoms with Crippen LogP contribution in [0.25, 0.3) is 0 Å². The summed E-state index contributed by atoms with van der Waals surface area (Å²) in [5.74, 6) is 0. The molecule has 2 N–H and O–H groups in total. The number of hydrogen-bond donors (Lipinski definition) is 2. The summed E-state index contributed by atoms with van der Waals surface area (Å²) in [5, 5.41) is -3.32. The summed E-state index contributed by atoms with van der Waals surface area (Å²) in [6, 6.07) is 22.5. The van der Waals surface area contributed by atoms with Crippen LogP contribution in [0.1, 0.15) is 34.5 Å². The van der Waals surface area contributed by atoms with Crippen molar-refractivity contribution in [2.75, 3.05) is 10.6 Å². The van der Waals surface area contributed by atoms with Crippen molar-refractivity contribution < 1.29 is 179 Å². The topological polar surface area (TPSA) is 287 Å². The summed E-state index contributed by atoms with van der Waals surface area (Å²) < 4.78 is 171. The third kappa shape index (κ3) is 15.9. The van der Waals surface area contributed by atoms with Gasteiger partial charge in [-0.25, -0.2) is 42.1 Å². The predicted molar refractivity (Wildman–Crippen MR) is 180 cm³/mol. The molecule has 4 aromatic rings. The van der Waals surface area contributed by atoms with Crippen LogP contribution in [0.15, 0.2) is 119 Å². The molecule has 0 bridgehead atoms. The van der Waals surface area contributed by atoms with E-state index in [4.69, 9.17) is 0 Å². The first-order valence-electron chi connectivity index (χ1n) is 14.4. The molecule has 55 heavy (non-hydrogen) atoms. The average Bonchev–Trinajstić information content (AvgIpc) is 3.04. The van der Waals surface area contributed by atoms with Crippen LogP contribution >= 0.6 is 0 Å². The summed E-state index contributed by atoms with van der Waals surface area (Å²) in [6.07, 6.45) is -1.90. The Bertz CT molecular complexity index is 2230. The van der Waals surface area contributed by atoms with E-state index in [1.165, 1.54) is 60.7 Å². The van der Waals surface area contributed by atoms with E-state index in [9.17, 15) is 60.3 Å². The van der Waals surface area contributed by atoms with Gasteiger partial charge in [0, 0.05) is 24.2 Å². The van der Waals surface area contributed by atoms with Crippen molar-refractivity contribution in [3.8, 4) is 0 Å². The molecule has 0 aromatic heterocycles. The molecule has 0 radical (unpaired) electrons. The summed E-state index contributed by atoms with van der Waals surface area (Å²) in [6.45, 7) is 0. The van der Waals surface area contributed by atoms with Crippen LogP contribution in [0.2, 0.25) is 0 Å². The Morgan fingerprint density at radius 2 is 0.673 bits per heavy atom. The molecule has 16 nitrogen and oxygen atoms in total. The van der Waals surface area contributed by atoms with E-state index in [1.807, 2.05) is 0 Å². The summed E-state index contributed by atoms with van der Waals surface area (Å²) in [7, 11) is -25.0. The van der Waals surface area contributed by atoms with Crippen LogP contribution in [-0.2, 0) is 50.3 Å². The van der Waals surface area contributed by atoms with Crippen LogP contribution in [-0.4, -0.2) is 71.0 Å². The second-order valence-corrected chi connectivity index (χ2v) is 19.2. The minimum absolute atomic E-state index is 0. The molecule has 276 valence electrons. The standard InChI is InChI=1S/C30H32N2O14S5.4Na/c33-47(34,25-15-11-23(12-16-25)31-29(50(41,42)43)19-27(48(35,36)37)21-7-3-1-4-8-21)26-17-13-24(14-18-26)32-30(51(44,45)46)20-28(49(38,39)40)22-9-5-2-6-10-22;;;;/h1-18,27-32H,19-20H2,(H,35,36,37)(H,38,39,40)(H,41,42,43)(H,44,45,46);;;;/q;4*+1/p-4. The average molecular weight is 893 g/mol. The van der Waals surface area contributed by atoms with Gasteiger partial charge >= 0.3 is 118 Å². The van der Waals surface area contributed by atoms with Gasteiger partial charge in [-0.15, -0.1) is 0 Å². The van der Waals surface area contributed by atoms with Gasteiger partial charge in [-0.1, -0.05) is 60.7 Å². The first-order chi connectivity index (χ1) is 23.6. The number of hydrogen-bond acceptors (Lipinski definition) is 16. The quantitative estimate of drug-likeness (QED) is 0.0780. The molecule has 25 heteroatoms. The van der Waals surface area contributed by atoms with Gasteiger partial charge in [-0.05, 0) is 59.7 Å². The van der Waals surface area contributed by atoms with E-state index in [2.05, 4.69) is 10.6 Å². The second-order valence-electron chi connectivity index (χ2n) is 11.1. The van der Waals surface area contributed by atoms with Crippen LogP contribution < -0.4 is 129 Å². The number of anilines is 2. The number of sulfone groups is 1. The molecule has 4 aromatic carbocycles. The van der Waals surface area contributed by atoms with Gasteiger partial charge in [-0.2, -0.15) is 0 Å². The maximum absolute atomic E-state index is 13.3. The van der Waals surface area contributed by atoms with Crippen molar-refractivity contribution in [3.05, 3.63) is 120 Å². The zero-order chi connectivity index (χ0) is 37.8. The van der Waals surface area contributed by atoms with E-state index in [-0.39, 0.29) is 151 Å². The molecule has 0 fully saturated rings. The van der Waals surface area contributed by atoms with Crippen LogP contribution in [0.5, 0.6) is 0 Å². The molecule has 0 aliphatic heterocycles. The SMILES string of the molecule is O=S(=O)(c1ccc(NC(CC(c2ccccc2)S(=O)(=O)[O-])S(=O)(=O)[O-])cc1)c1ccc(NC(CC(c2ccccc2)S(=O)(=O)[O-])S(=O)(=O)[O-])cc1.[Na+].[Na+].[Na+].[Na+]. The summed E-state index contributed by atoms with van der Waals surface area (Å²) >= 11 is 0. The Morgan fingerprint density at radius 1 is 0.400 bits per heavy atom. The zero-order valence-electron chi connectivity index (χ0n) is 29.9. The van der Waals surface area contributed by atoms with E-state index in [0.29, 0.717) is 0 Å². The predicted octanol–water partition coefficient (Wildman–Crippen LogP) is -9.55. The van der Waals surface area contributed by atoms with Gasteiger partial charge in [0.1, 0.15) is 51.2 Å². The van der Waals surface area contributed by atoms with E-state index < -0.39 is 84.4 Å². The Labute approximate surface area is 409 Å². The Kier molecular flexibility index (Phi) is 22.6. The molecule has 0 heterocycles. The molecule has 0 saturated carbocycles. The van der Waals surface area contributed by atoms with Gasteiger partial charge in [0.2, 0.25) is 9.84 Å². The van der Waals surface area contributed by atoms with Crippen molar-refractivity contribution >= 4 is 61.7 Å². The fraction of sp³-hybridized carbons (Fsp3) is 0.200. The fourth-order valence-electron chi connectivity index (χ4n) is 5.03. The largest absolute Gasteiger partial charge is 1.00 e. The van der Waals surface area contributed by atoms with Crippen LogP contribution in [0, 0.1) is 0 Å². The smallest absolute Gasteiger partial charge is 0.747 e. The second kappa shape index (κ2) is 22.6. The molecule has 0 saturated heterocycles. The third-order valence-corrected chi connectivity index (χ3v) is 13.7. The third-order valence-electron chi connectivity index (χ3n) is 7.58. The molecular weight excluding hydrogens is 865 g/mol. The Balaban J connectivity index is 0.00000729. The van der Waals surface area contributed by atoms with E-state index >= 15 is 0 Å². The number of benzene rings is 4. The molecule has 0 aliphatic carbocycles. The normalized spacial score (nSPS) is 14.2. The maximum atomic E-state index is 13.3. The monoisotopic (exact) mass is 892 g/mol. The summed E-state index contributed by atoms with van der Waals surface area (Å²) in [4.78, 5) is -0.656. The number of rotatable bonds is 16. The molecule has 4 unspecified atom stereocenters. The Morgan fingerprint density at radius 3 is 0.909 bits per heavy atom.